The highest BCUT2D eigenvalue weighted by molar-refractivity contribution is 5.76. The summed E-state index contributed by atoms with van der Waals surface area (Å²) >= 11 is 0. The van der Waals surface area contributed by atoms with Gasteiger partial charge in [-0.3, -0.25) is 4.79 Å². The zero-order chi connectivity index (χ0) is 34.3. The van der Waals surface area contributed by atoms with Crippen molar-refractivity contribution in [1.82, 2.24) is 20.9 Å². The van der Waals surface area contributed by atoms with Crippen molar-refractivity contribution >= 4 is 12.0 Å². The quantitative estimate of drug-likeness (QED) is 0.0582. The molecule has 0 rings (SSSR count). The van der Waals surface area contributed by atoms with Crippen LogP contribution in [0.1, 0.15) is 6.42 Å². The number of carbonyl (C=O) groups is 2. The predicted octanol–water partition coefficient (Wildman–Crippen LogP) is -0.922. The first-order valence-electron chi connectivity index (χ1n) is 16.4. The van der Waals surface area contributed by atoms with Crippen LogP contribution in [0.15, 0.2) is 0 Å². The molecule has 17 heteroatoms. The van der Waals surface area contributed by atoms with Gasteiger partial charge in [0.25, 0.3) is 0 Å². The Kier molecular flexibility index (Phi) is 37.3. The number of ether oxygens (including phenoxy) is 10. The van der Waals surface area contributed by atoms with Crippen LogP contribution in [0.4, 0.5) is 4.79 Å². The molecule has 0 aliphatic heterocycles. The van der Waals surface area contributed by atoms with Crippen LogP contribution in [-0.2, 0) is 52.2 Å². The lowest BCUT2D eigenvalue weighted by molar-refractivity contribution is -0.134. The average molecular weight is 687 g/mol. The molecule has 0 aromatic carbocycles. The molecule has 17 nitrogen and oxygen atoms in total. The normalized spacial score (nSPS) is 11.3. The van der Waals surface area contributed by atoms with E-state index in [2.05, 4.69) is 16.0 Å². The van der Waals surface area contributed by atoms with Crippen LogP contribution in [0.3, 0.4) is 0 Å². The monoisotopic (exact) mass is 686 g/mol. The first-order valence-corrected chi connectivity index (χ1v) is 16.4. The van der Waals surface area contributed by atoms with E-state index in [-0.39, 0.29) is 32.1 Å². The first-order chi connectivity index (χ1) is 23.1. The fourth-order valence-corrected chi connectivity index (χ4v) is 3.45. The number of carboxylic acid groups (broad SMARTS) is 1. The molecule has 47 heavy (non-hydrogen) atoms. The molecule has 0 heterocycles. The highest BCUT2D eigenvalue weighted by Crippen LogP contribution is 1.98. The molecule has 2 amide bonds. The standard InChI is InChI=1S/C30H62N4O13/c1-31-4-10-39-16-22-45-25-19-42-13-7-34(8-14-43-20-26-46-24-18-41-12-6-33-30(36)37)29(35)3-9-38-15-21-44-27-28-47-23-17-40-11-5-32-2/h31-33H,3-28H2,1-2H3,(H,36,37). The number of nitrogens with one attached hydrogen (secondary N) is 3. The van der Waals surface area contributed by atoms with Crippen molar-refractivity contribution in [2.45, 2.75) is 6.42 Å². The molecule has 0 unspecified atom stereocenters. The summed E-state index contributed by atoms with van der Waals surface area (Å²) in [7, 11) is 3.75. The van der Waals surface area contributed by atoms with Crippen molar-refractivity contribution in [2.24, 2.45) is 0 Å². The van der Waals surface area contributed by atoms with Crippen molar-refractivity contribution in [3.8, 4) is 0 Å². The Hall–Kier alpha value is -1.74. The van der Waals surface area contributed by atoms with Gasteiger partial charge in [-0.1, -0.05) is 0 Å². The number of hydrogen-bond donors (Lipinski definition) is 4. The summed E-state index contributed by atoms with van der Waals surface area (Å²) < 4.78 is 54.8. The number of carbonyl (C=O) groups excluding carboxylic acids is 1. The fourth-order valence-electron chi connectivity index (χ4n) is 3.45. The van der Waals surface area contributed by atoms with Crippen LogP contribution in [0.5, 0.6) is 0 Å². The molecule has 0 spiro atoms. The highest BCUT2D eigenvalue weighted by atomic mass is 16.6. The summed E-state index contributed by atoms with van der Waals surface area (Å²) in [5, 5.41) is 16.7. The Morgan fingerprint density at radius 3 is 1.09 bits per heavy atom. The van der Waals surface area contributed by atoms with Crippen molar-refractivity contribution in [1.29, 1.82) is 0 Å². The highest BCUT2D eigenvalue weighted by Gasteiger charge is 2.13. The van der Waals surface area contributed by atoms with E-state index in [0.717, 1.165) is 13.1 Å². The van der Waals surface area contributed by atoms with E-state index in [4.69, 9.17) is 52.5 Å². The van der Waals surface area contributed by atoms with Gasteiger partial charge in [-0.25, -0.2) is 4.79 Å². The van der Waals surface area contributed by atoms with E-state index in [1.54, 1.807) is 4.90 Å². The lowest BCUT2D eigenvalue weighted by atomic mass is 10.3. The van der Waals surface area contributed by atoms with Gasteiger partial charge in [0.15, 0.2) is 0 Å². The van der Waals surface area contributed by atoms with E-state index in [9.17, 15) is 9.59 Å². The molecule has 0 radical (unpaired) electrons. The van der Waals surface area contributed by atoms with Gasteiger partial charge in [-0.2, -0.15) is 0 Å². The summed E-state index contributed by atoms with van der Waals surface area (Å²) in [4.78, 5) is 25.0. The van der Waals surface area contributed by atoms with E-state index in [0.29, 0.717) is 132 Å². The van der Waals surface area contributed by atoms with Crippen LogP contribution in [0.25, 0.3) is 0 Å². The zero-order valence-electron chi connectivity index (χ0n) is 28.7. The SMILES string of the molecule is CNCCOCCOCCOCCOCCC(=O)N(CCOCCOCCOCCNC)CCOCCOCCOCCNC(=O)O. The van der Waals surface area contributed by atoms with Crippen molar-refractivity contribution in [3.05, 3.63) is 0 Å². The number of nitrogens with zero attached hydrogens (tertiary/aromatic N) is 1. The van der Waals surface area contributed by atoms with Crippen molar-refractivity contribution < 1.29 is 62.1 Å². The third-order valence-electron chi connectivity index (χ3n) is 5.94. The second kappa shape index (κ2) is 38.7. The van der Waals surface area contributed by atoms with Crippen LogP contribution in [0.2, 0.25) is 0 Å². The Morgan fingerprint density at radius 1 is 0.447 bits per heavy atom. The molecular formula is C30H62N4O13. The molecule has 4 N–H and O–H groups in total. The molecule has 0 saturated heterocycles. The molecule has 0 atom stereocenters. The van der Waals surface area contributed by atoms with Gasteiger partial charge in [0, 0.05) is 32.7 Å². The largest absolute Gasteiger partial charge is 0.465 e. The number of likely N-dealkylation sites (N-methyl/N-ethyl adjacent to an activating group) is 2. The number of amides is 2. The number of hydrogen-bond acceptors (Lipinski definition) is 14. The molecule has 0 aromatic rings. The topological polar surface area (TPSA) is 186 Å². The van der Waals surface area contributed by atoms with Gasteiger partial charge in [0.1, 0.15) is 0 Å². The lowest BCUT2D eigenvalue weighted by Crippen LogP contribution is -2.37. The maximum absolute atomic E-state index is 12.9. The van der Waals surface area contributed by atoms with E-state index in [1.165, 1.54) is 0 Å². The van der Waals surface area contributed by atoms with Gasteiger partial charge < -0.3 is 73.3 Å². The smallest absolute Gasteiger partial charge is 0.404 e. The van der Waals surface area contributed by atoms with E-state index < -0.39 is 6.09 Å². The molecule has 0 bridgehead atoms. The summed E-state index contributed by atoms with van der Waals surface area (Å²) in [5.41, 5.74) is 0. The maximum Gasteiger partial charge on any atom is 0.404 e. The average Bonchev–Trinajstić information content (AvgIpc) is 3.06. The predicted molar refractivity (Wildman–Crippen MR) is 173 cm³/mol. The minimum absolute atomic E-state index is 0.0517. The van der Waals surface area contributed by atoms with Gasteiger partial charge in [0.2, 0.25) is 5.91 Å². The summed E-state index contributed by atoms with van der Waals surface area (Å²) in [5.74, 6) is -0.0517. The Labute approximate surface area is 280 Å². The Bertz CT molecular complexity index is 671. The summed E-state index contributed by atoms with van der Waals surface area (Å²) in [6, 6.07) is 0. The second-order valence-electron chi connectivity index (χ2n) is 9.69. The van der Waals surface area contributed by atoms with E-state index >= 15 is 0 Å². The summed E-state index contributed by atoms with van der Waals surface area (Å²) in [6.07, 6.45) is -0.846. The number of rotatable bonds is 39. The molecule has 0 saturated carbocycles. The Balaban J connectivity index is 4.06. The van der Waals surface area contributed by atoms with Crippen LogP contribution >= 0.6 is 0 Å². The molecular weight excluding hydrogens is 624 g/mol. The molecule has 0 aliphatic rings. The van der Waals surface area contributed by atoms with Crippen LogP contribution in [0, 0.1) is 0 Å². The maximum atomic E-state index is 12.9. The van der Waals surface area contributed by atoms with Crippen molar-refractivity contribution in [3.63, 3.8) is 0 Å². The summed E-state index contributed by atoms with van der Waals surface area (Å²) in [6.45, 7) is 11.5. The zero-order valence-corrected chi connectivity index (χ0v) is 28.7. The lowest BCUT2D eigenvalue weighted by Gasteiger charge is -2.23. The Morgan fingerprint density at radius 2 is 0.745 bits per heavy atom. The second-order valence-corrected chi connectivity index (χ2v) is 9.69. The third-order valence-corrected chi connectivity index (χ3v) is 5.94. The first kappa shape index (κ1) is 45.3. The van der Waals surface area contributed by atoms with Crippen LogP contribution in [-0.4, -0.2) is 201 Å². The molecule has 0 fully saturated rings. The van der Waals surface area contributed by atoms with Gasteiger partial charge in [-0.05, 0) is 14.1 Å². The fraction of sp³-hybridized carbons (Fsp3) is 0.933. The molecule has 280 valence electrons. The third kappa shape index (κ3) is 36.9. The van der Waals surface area contributed by atoms with Gasteiger partial charge >= 0.3 is 6.09 Å². The molecule has 0 aromatic heterocycles. The minimum Gasteiger partial charge on any atom is -0.465 e. The van der Waals surface area contributed by atoms with E-state index in [1.807, 2.05) is 14.1 Å². The van der Waals surface area contributed by atoms with Gasteiger partial charge in [-0.15, -0.1) is 0 Å². The van der Waals surface area contributed by atoms with Crippen molar-refractivity contribution in [2.75, 3.05) is 179 Å². The van der Waals surface area contributed by atoms with Gasteiger partial charge in [0.05, 0.1) is 139 Å². The van der Waals surface area contributed by atoms with Crippen LogP contribution < -0.4 is 16.0 Å². The molecule has 0 aliphatic carbocycles. The minimum atomic E-state index is -1.08.